The van der Waals surface area contributed by atoms with E-state index >= 15 is 0 Å². The van der Waals surface area contributed by atoms with Gasteiger partial charge in [0.15, 0.2) is 0 Å². The molecule has 1 amide bonds. The number of rotatable bonds is 5. The minimum absolute atomic E-state index is 0.0169. The lowest BCUT2D eigenvalue weighted by Gasteiger charge is -2.26. The second kappa shape index (κ2) is 9.00. The molecule has 1 aromatic heterocycles. The number of aromatic amines is 1. The SMILES string of the molecule is COc1ccc(/C(O)=C2\C(=O)C(=O)N(Cc3ccc(F)cc3)C2c2c(C)[nH]c3ccccc23)c(C)c1. The lowest BCUT2D eigenvalue weighted by molar-refractivity contribution is -0.140. The maximum atomic E-state index is 13.5. The van der Waals surface area contributed by atoms with Crippen molar-refractivity contribution in [3.8, 4) is 5.75 Å². The number of benzene rings is 3. The number of aliphatic hydroxyl groups is 1. The standard InChI is InChI=1S/C29H25FN2O4/c1-16-14-20(36-3)12-13-21(16)27(33)25-26(24-17(2)31-23-7-5-4-6-22(23)24)32(29(35)28(25)34)15-18-8-10-19(30)11-9-18/h4-14,26,31,33H,15H2,1-3H3/b27-25+. The molecular formula is C29H25FN2O4. The molecule has 3 aromatic carbocycles. The summed E-state index contributed by atoms with van der Waals surface area (Å²) >= 11 is 0. The van der Waals surface area contributed by atoms with Crippen LogP contribution in [0.1, 0.15) is 34.0 Å². The number of nitrogens with one attached hydrogen (secondary N) is 1. The fourth-order valence-electron chi connectivity index (χ4n) is 4.95. The summed E-state index contributed by atoms with van der Waals surface area (Å²) in [6.07, 6.45) is 0. The lowest BCUT2D eigenvalue weighted by atomic mass is 9.92. The molecule has 182 valence electrons. The van der Waals surface area contributed by atoms with Gasteiger partial charge in [0.2, 0.25) is 0 Å². The summed E-state index contributed by atoms with van der Waals surface area (Å²) in [6.45, 7) is 3.76. The number of aryl methyl sites for hydroxylation is 2. The summed E-state index contributed by atoms with van der Waals surface area (Å²) in [6, 6.07) is 17.7. The molecule has 0 bridgehead atoms. The highest BCUT2D eigenvalue weighted by atomic mass is 19.1. The summed E-state index contributed by atoms with van der Waals surface area (Å²) in [4.78, 5) is 31.6. The first kappa shape index (κ1) is 23.4. The number of ether oxygens (including phenoxy) is 1. The molecule has 2 heterocycles. The highest BCUT2D eigenvalue weighted by Crippen LogP contribution is 2.44. The van der Waals surface area contributed by atoms with Crippen LogP contribution < -0.4 is 4.74 Å². The Labute approximate surface area is 207 Å². The lowest BCUT2D eigenvalue weighted by Crippen LogP contribution is -2.29. The van der Waals surface area contributed by atoms with Crippen LogP contribution in [-0.4, -0.2) is 33.8 Å². The van der Waals surface area contributed by atoms with Gasteiger partial charge in [-0.2, -0.15) is 0 Å². The Bertz CT molecular complexity index is 1530. The van der Waals surface area contributed by atoms with Crippen LogP contribution in [0, 0.1) is 19.7 Å². The van der Waals surface area contributed by atoms with E-state index in [4.69, 9.17) is 4.74 Å². The van der Waals surface area contributed by atoms with Gasteiger partial charge in [0, 0.05) is 34.3 Å². The Morgan fingerprint density at radius 2 is 1.78 bits per heavy atom. The topological polar surface area (TPSA) is 82.6 Å². The van der Waals surface area contributed by atoms with Crippen molar-refractivity contribution in [2.24, 2.45) is 0 Å². The maximum absolute atomic E-state index is 13.5. The number of amides is 1. The molecule has 2 N–H and O–H groups in total. The maximum Gasteiger partial charge on any atom is 0.295 e. The second-order valence-corrected chi connectivity index (χ2v) is 8.94. The van der Waals surface area contributed by atoms with E-state index in [2.05, 4.69) is 4.98 Å². The third-order valence-electron chi connectivity index (χ3n) is 6.71. The van der Waals surface area contributed by atoms with Gasteiger partial charge in [0.25, 0.3) is 11.7 Å². The molecule has 0 radical (unpaired) electrons. The van der Waals surface area contributed by atoms with Crippen molar-refractivity contribution < 1.29 is 23.8 Å². The Morgan fingerprint density at radius 3 is 2.47 bits per heavy atom. The monoisotopic (exact) mass is 484 g/mol. The first-order valence-corrected chi connectivity index (χ1v) is 11.5. The minimum atomic E-state index is -0.840. The van der Waals surface area contributed by atoms with E-state index in [0.717, 1.165) is 22.2 Å². The Balaban J connectivity index is 1.74. The molecular weight excluding hydrogens is 459 g/mol. The van der Waals surface area contributed by atoms with Gasteiger partial charge in [-0.05, 0) is 61.4 Å². The number of methoxy groups -OCH3 is 1. The van der Waals surface area contributed by atoms with Gasteiger partial charge in [0.05, 0.1) is 18.7 Å². The summed E-state index contributed by atoms with van der Waals surface area (Å²) in [5, 5.41) is 12.3. The van der Waals surface area contributed by atoms with Gasteiger partial charge >= 0.3 is 0 Å². The number of halogens is 1. The van der Waals surface area contributed by atoms with Crippen molar-refractivity contribution in [2.75, 3.05) is 7.11 Å². The number of carbonyl (C=O) groups is 2. The summed E-state index contributed by atoms with van der Waals surface area (Å²) < 4.78 is 18.8. The molecule has 1 atom stereocenters. The van der Waals surface area contributed by atoms with Crippen molar-refractivity contribution in [2.45, 2.75) is 26.4 Å². The van der Waals surface area contributed by atoms with Gasteiger partial charge in [-0.25, -0.2) is 4.39 Å². The molecule has 1 saturated heterocycles. The van der Waals surface area contributed by atoms with Crippen LogP contribution in [0.4, 0.5) is 4.39 Å². The van der Waals surface area contributed by atoms with Crippen LogP contribution in [-0.2, 0) is 16.1 Å². The molecule has 0 spiro atoms. The van der Waals surface area contributed by atoms with Gasteiger partial charge < -0.3 is 19.7 Å². The third kappa shape index (κ3) is 3.82. The number of hydrogen-bond donors (Lipinski definition) is 2. The number of Topliss-reactive ketones (excluding diaryl/α,β-unsaturated/α-hetero) is 1. The molecule has 1 aliphatic rings. The zero-order valence-electron chi connectivity index (χ0n) is 20.1. The van der Waals surface area contributed by atoms with E-state index < -0.39 is 17.7 Å². The number of para-hydroxylation sites is 1. The molecule has 5 rings (SSSR count). The molecule has 4 aromatic rings. The molecule has 0 saturated carbocycles. The summed E-state index contributed by atoms with van der Waals surface area (Å²) in [7, 11) is 1.55. The van der Waals surface area contributed by atoms with Crippen LogP contribution in [0.25, 0.3) is 16.7 Å². The van der Waals surface area contributed by atoms with E-state index in [1.807, 2.05) is 31.2 Å². The number of aliphatic hydroxyl groups excluding tert-OH is 1. The fourth-order valence-corrected chi connectivity index (χ4v) is 4.95. The first-order chi connectivity index (χ1) is 17.3. The average Bonchev–Trinajstić information content (AvgIpc) is 3.32. The smallest absolute Gasteiger partial charge is 0.295 e. The quantitative estimate of drug-likeness (QED) is 0.221. The molecule has 6 nitrogen and oxygen atoms in total. The zero-order chi connectivity index (χ0) is 25.6. The van der Waals surface area contributed by atoms with Crippen LogP contribution >= 0.6 is 0 Å². The van der Waals surface area contributed by atoms with Gasteiger partial charge in [-0.1, -0.05) is 30.3 Å². The van der Waals surface area contributed by atoms with Crippen LogP contribution in [0.2, 0.25) is 0 Å². The predicted octanol–water partition coefficient (Wildman–Crippen LogP) is 5.55. The van der Waals surface area contributed by atoms with Crippen LogP contribution in [0.15, 0.2) is 72.3 Å². The molecule has 0 aliphatic carbocycles. The first-order valence-electron chi connectivity index (χ1n) is 11.5. The van der Waals surface area contributed by atoms with Crippen molar-refractivity contribution in [1.82, 2.24) is 9.88 Å². The highest BCUT2D eigenvalue weighted by molar-refractivity contribution is 6.46. The number of ketones is 1. The number of nitrogens with zero attached hydrogens (tertiary/aromatic N) is 1. The molecule has 1 fully saturated rings. The number of hydrogen-bond acceptors (Lipinski definition) is 4. The zero-order valence-corrected chi connectivity index (χ0v) is 20.1. The van der Waals surface area contributed by atoms with Crippen LogP contribution in [0.5, 0.6) is 5.75 Å². The Morgan fingerprint density at radius 1 is 1.06 bits per heavy atom. The fraction of sp³-hybridized carbons (Fsp3) is 0.172. The van der Waals surface area contributed by atoms with Gasteiger partial charge in [0.1, 0.15) is 17.3 Å². The number of fused-ring (bicyclic) bond motifs is 1. The Kier molecular flexibility index (Phi) is 5.84. The molecule has 1 unspecified atom stereocenters. The van der Waals surface area contributed by atoms with Crippen molar-refractivity contribution in [1.29, 1.82) is 0 Å². The normalized spacial score (nSPS) is 17.2. The minimum Gasteiger partial charge on any atom is -0.507 e. The van der Waals surface area contributed by atoms with Gasteiger partial charge in [-0.3, -0.25) is 9.59 Å². The number of carbonyl (C=O) groups excluding carboxylic acids is 2. The molecule has 1 aliphatic heterocycles. The third-order valence-corrected chi connectivity index (χ3v) is 6.71. The van der Waals surface area contributed by atoms with Crippen molar-refractivity contribution in [3.63, 3.8) is 0 Å². The number of likely N-dealkylation sites (tertiary alicyclic amines) is 1. The highest BCUT2D eigenvalue weighted by Gasteiger charge is 2.47. The Hall–Kier alpha value is -4.39. The summed E-state index contributed by atoms with van der Waals surface area (Å²) in [5.41, 5.74) is 4.20. The van der Waals surface area contributed by atoms with E-state index in [0.29, 0.717) is 22.4 Å². The average molecular weight is 485 g/mol. The summed E-state index contributed by atoms with van der Waals surface area (Å²) in [5.74, 6) is -1.50. The van der Waals surface area contributed by atoms with Crippen molar-refractivity contribution in [3.05, 3.63) is 106 Å². The van der Waals surface area contributed by atoms with E-state index in [9.17, 15) is 19.1 Å². The predicted molar refractivity (Wildman–Crippen MR) is 135 cm³/mol. The van der Waals surface area contributed by atoms with Gasteiger partial charge in [-0.15, -0.1) is 0 Å². The van der Waals surface area contributed by atoms with E-state index in [1.54, 1.807) is 44.4 Å². The van der Waals surface area contributed by atoms with Crippen molar-refractivity contribution >= 4 is 28.4 Å². The van der Waals surface area contributed by atoms with E-state index in [1.165, 1.54) is 17.0 Å². The molecule has 36 heavy (non-hydrogen) atoms. The largest absolute Gasteiger partial charge is 0.507 e. The van der Waals surface area contributed by atoms with Crippen LogP contribution in [0.3, 0.4) is 0 Å². The number of aromatic nitrogens is 1. The number of H-pyrrole nitrogens is 1. The second-order valence-electron chi connectivity index (χ2n) is 8.94. The molecule has 7 heteroatoms. The van der Waals surface area contributed by atoms with E-state index in [-0.39, 0.29) is 23.7 Å².